The average Bonchev–Trinajstić information content (AvgIpc) is 2.42. The van der Waals surface area contributed by atoms with Gasteiger partial charge in [0, 0.05) is 30.1 Å². The van der Waals surface area contributed by atoms with Crippen LogP contribution in [0, 0.1) is 0 Å². The van der Waals surface area contributed by atoms with E-state index in [0.717, 1.165) is 11.3 Å². The summed E-state index contributed by atoms with van der Waals surface area (Å²) in [6.07, 6.45) is 4.17. The summed E-state index contributed by atoms with van der Waals surface area (Å²) in [4.78, 5) is 13.8. The molecule has 0 aliphatic rings. The summed E-state index contributed by atoms with van der Waals surface area (Å²) < 4.78 is 5.30. The summed E-state index contributed by atoms with van der Waals surface area (Å²) >= 11 is 5.99. The minimum Gasteiger partial charge on any atom is -0.496 e. The fourth-order valence-corrected chi connectivity index (χ4v) is 2.00. The van der Waals surface area contributed by atoms with Gasteiger partial charge in [-0.2, -0.15) is 0 Å². The molecule has 4 heteroatoms. The van der Waals surface area contributed by atoms with Crippen molar-refractivity contribution in [3.63, 3.8) is 0 Å². The van der Waals surface area contributed by atoms with Crippen LogP contribution in [0.3, 0.4) is 0 Å². The first kappa shape index (κ1) is 15.6. The van der Waals surface area contributed by atoms with E-state index in [1.54, 1.807) is 18.1 Å². The number of hydrogen-bond acceptors (Lipinski definition) is 2. The van der Waals surface area contributed by atoms with Gasteiger partial charge in [-0.3, -0.25) is 4.79 Å². The van der Waals surface area contributed by atoms with Gasteiger partial charge in [0.2, 0.25) is 5.91 Å². The Kier molecular flexibility index (Phi) is 6.43. The Balaban J connectivity index is 2.85. The molecule has 19 heavy (non-hydrogen) atoms. The quantitative estimate of drug-likeness (QED) is 0.745. The topological polar surface area (TPSA) is 29.5 Å². The lowest BCUT2D eigenvalue weighted by Gasteiger charge is -2.21. The maximum Gasteiger partial charge on any atom is 0.226 e. The zero-order chi connectivity index (χ0) is 14.3. The van der Waals surface area contributed by atoms with Crippen molar-refractivity contribution >= 4 is 17.5 Å². The number of nitrogens with zero attached hydrogens (tertiary/aromatic N) is 1. The molecule has 0 bridgehead atoms. The van der Waals surface area contributed by atoms with Gasteiger partial charge in [0.25, 0.3) is 0 Å². The molecular formula is C15H20ClNO2. The number of ether oxygens (including phenoxy) is 1. The fraction of sp³-hybridized carbons (Fsp3) is 0.400. The van der Waals surface area contributed by atoms with Gasteiger partial charge in [-0.15, -0.1) is 0 Å². The number of allylic oxidation sites excluding steroid dienone is 1. The lowest BCUT2D eigenvalue weighted by atomic mass is 10.1. The molecule has 1 rings (SSSR count). The Labute approximate surface area is 119 Å². The molecule has 0 spiro atoms. The van der Waals surface area contributed by atoms with E-state index in [9.17, 15) is 4.79 Å². The molecule has 0 atom stereocenters. The molecule has 0 aromatic heterocycles. The van der Waals surface area contributed by atoms with Crippen molar-refractivity contribution in [3.05, 3.63) is 40.9 Å². The van der Waals surface area contributed by atoms with Gasteiger partial charge in [0.15, 0.2) is 0 Å². The van der Waals surface area contributed by atoms with Crippen LogP contribution in [0.25, 0.3) is 0 Å². The van der Waals surface area contributed by atoms with Gasteiger partial charge in [-0.05, 0) is 32.0 Å². The Hall–Kier alpha value is -1.48. The predicted molar refractivity (Wildman–Crippen MR) is 78.5 cm³/mol. The molecular weight excluding hydrogens is 262 g/mol. The largest absolute Gasteiger partial charge is 0.496 e. The number of rotatable bonds is 6. The van der Waals surface area contributed by atoms with Crippen molar-refractivity contribution in [2.75, 3.05) is 13.7 Å². The summed E-state index contributed by atoms with van der Waals surface area (Å²) in [5.41, 5.74) is 0.922. The summed E-state index contributed by atoms with van der Waals surface area (Å²) in [7, 11) is 1.62. The predicted octanol–water partition coefficient (Wildman–Crippen LogP) is 3.66. The van der Waals surface area contributed by atoms with Gasteiger partial charge in [0.05, 0.1) is 7.11 Å². The van der Waals surface area contributed by atoms with Gasteiger partial charge in [0.1, 0.15) is 5.75 Å². The SMILES string of the molecule is C/C=C/CC(=O)N(CC)Cc1cc(Cl)ccc1OC. The number of methoxy groups -OCH3 is 1. The van der Waals surface area contributed by atoms with Crippen LogP contribution in [0.5, 0.6) is 5.75 Å². The lowest BCUT2D eigenvalue weighted by Crippen LogP contribution is -2.29. The molecule has 1 aromatic carbocycles. The highest BCUT2D eigenvalue weighted by Gasteiger charge is 2.13. The molecule has 0 aliphatic carbocycles. The molecule has 1 amide bonds. The molecule has 0 radical (unpaired) electrons. The standard InChI is InChI=1S/C15H20ClNO2/c1-4-6-7-15(18)17(5-2)11-12-10-13(16)8-9-14(12)19-3/h4,6,8-10H,5,7,11H2,1-3H3/b6-4+. The lowest BCUT2D eigenvalue weighted by molar-refractivity contribution is -0.130. The van der Waals surface area contributed by atoms with Crippen molar-refractivity contribution in [2.45, 2.75) is 26.8 Å². The molecule has 3 nitrogen and oxygen atoms in total. The van der Waals surface area contributed by atoms with Crippen LogP contribution < -0.4 is 4.74 Å². The van der Waals surface area contributed by atoms with E-state index in [0.29, 0.717) is 24.5 Å². The number of amides is 1. The van der Waals surface area contributed by atoms with E-state index >= 15 is 0 Å². The van der Waals surface area contributed by atoms with Crippen LogP contribution in [0.15, 0.2) is 30.4 Å². The van der Waals surface area contributed by atoms with Crippen LogP contribution >= 0.6 is 11.6 Å². The summed E-state index contributed by atoms with van der Waals surface area (Å²) in [5, 5.41) is 0.646. The zero-order valence-electron chi connectivity index (χ0n) is 11.6. The van der Waals surface area contributed by atoms with Crippen LogP contribution in [-0.4, -0.2) is 24.5 Å². The minimum atomic E-state index is 0.0997. The number of carbonyl (C=O) groups is 1. The Morgan fingerprint density at radius 1 is 1.47 bits per heavy atom. The van der Waals surface area contributed by atoms with Crippen LogP contribution in [0.2, 0.25) is 5.02 Å². The number of benzene rings is 1. The first-order valence-corrected chi connectivity index (χ1v) is 6.71. The molecule has 0 fully saturated rings. The second-order valence-corrected chi connectivity index (χ2v) is 4.57. The highest BCUT2D eigenvalue weighted by atomic mass is 35.5. The van der Waals surface area contributed by atoms with Crippen molar-refractivity contribution in [1.82, 2.24) is 4.90 Å². The van der Waals surface area contributed by atoms with E-state index < -0.39 is 0 Å². The number of halogens is 1. The second kappa shape index (κ2) is 7.85. The first-order valence-electron chi connectivity index (χ1n) is 6.33. The monoisotopic (exact) mass is 281 g/mol. The van der Waals surface area contributed by atoms with Crippen molar-refractivity contribution in [3.8, 4) is 5.75 Å². The van der Waals surface area contributed by atoms with Crippen molar-refractivity contribution < 1.29 is 9.53 Å². The summed E-state index contributed by atoms with van der Waals surface area (Å²) in [5.74, 6) is 0.851. The third-order valence-corrected chi connectivity index (χ3v) is 3.10. The van der Waals surface area contributed by atoms with E-state index in [4.69, 9.17) is 16.3 Å². The number of hydrogen-bond donors (Lipinski definition) is 0. The van der Waals surface area contributed by atoms with Crippen LogP contribution in [0.1, 0.15) is 25.8 Å². The number of carbonyl (C=O) groups excluding carboxylic acids is 1. The van der Waals surface area contributed by atoms with Crippen LogP contribution in [0.4, 0.5) is 0 Å². The average molecular weight is 282 g/mol. The molecule has 0 saturated carbocycles. The summed E-state index contributed by atoms with van der Waals surface area (Å²) in [6.45, 7) is 5.04. The third kappa shape index (κ3) is 4.60. The maximum absolute atomic E-state index is 12.0. The highest BCUT2D eigenvalue weighted by molar-refractivity contribution is 6.30. The van der Waals surface area contributed by atoms with Crippen molar-refractivity contribution in [2.24, 2.45) is 0 Å². The van der Waals surface area contributed by atoms with E-state index in [1.807, 2.05) is 38.1 Å². The molecule has 0 unspecified atom stereocenters. The maximum atomic E-state index is 12.0. The normalized spacial score (nSPS) is 10.7. The molecule has 104 valence electrons. The van der Waals surface area contributed by atoms with Gasteiger partial charge in [-0.25, -0.2) is 0 Å². The first-order chi connectivity index (χ1) is 9.12. The van der Waals surface area contributed by atoms with Gasteiger partial charge < -0.3 is 9.64 Å². The van der Waals surface area contributed by atoms with Crippen molar-refractivity contribution in [1.29, 1.82) is 0 Å². The Morgan fingerprint density at radius 3 is 2.79 bits per heavy atom. The highest BCUT2D eigenvalue weighted by Crippen LogP contribution is 2.24. The fourth-order valence-electron chi connectivity index (χ4n) is 1.80. The smallest absolute Gasteiger partial charge is 0.226 e. The Morgan fingerprint density at radius 2 is 2.21 bits per heavy atom. The Bertz CT molecular complexity index is 457. The van der Waals surface area contributed by atoms with E-state index in [-0.39, 0.29) is 5.91 Å². The second-order valence-electron chi connectivity index (χ2n) is 4.14. The molecule has 0 aliphatic heterocycles. The van der Waals surface area contributed by atoms with Gasteiger partial charge in [-0.1, -0.05) is 23.8 Å². The summed E-state index contributed by atoms with van der Waals surface area (Å²) in [6, 6.07) is 5.44. The molecule has 0 N–H and O–H groups in total. The molecule has 1 aromatic rings. The van der Waals surface area contributed by atoms with E-state index in [2.05, 4.69) is 0 Å². The van der Waals surface area contributed by atoms with E-state index in [1.165, 1.54) is 0 Å². The minimum absolute atomic E-state index is 0.0997. The zero-order valence-corrected chi connectivity index (χ0v) is 12.4. The molecule has 0 heterocycles. The third-order valence-electron chi connectivity index (χ3n) is 2.87. The van der Waals surface area contributed by atoms with Crippen LogP contribution in [-0.2, 0) is 11.3 Å². The molecule has 0 saturated heterocycles. The van der Waals surface area contributed by atoms with Gasteiger partial charge >= 0.3 is 0 Å².